The van der Waals surface area contributed by atoms with Crippen LogP contribution in [-0.4, -0.2) is 31.6 Å². The Morgan fingerprint density at radius 2 is 2.26 bits per heavy atom. The van der Waals surface area contributed by atoms with E-state index >= 15 is 0 Å². The van der Waals surface area contributed by atoms with Crippen LogP contribution in [0, 0.1) is 11.8 Å². The molecule has 3 rings (SSSR count). The molecule has 19 heavy (non-hydrogen) atoms. The molecule has 0 spiro atoms. The van der Waals surface area contributed by atoms with Crippen molar-refractivity contribution in [2.24, 2.45) is 17.6 Å². The van der Waals surface area contributed by atoms with Gasteiger partial charge in [0, 0.05) is 30.7 Å². The molecule has 0 aromatic heterocycles. The van der Waals surface area contributed by atoms with E-state index < -0.39 is 5.91 Å². The van der Waals surface area contributed by atoms with Crippen LogP contribution in [0.1, 0.15) is 17.3 Å². The minimum atomic E-state index is -0.394. The number of carbonyl (C=O) groups is 1. The number of rotatable bonds is 2. The lowest BCUT2D eigenvalue weighted by Crippen LogP contribution is -2.34. The molecule has 3 atom stereocenters. The average molecular weight is 280 g/mol. The van der Waals surface area contributed by atoms with Crippen LogP contribution in [-0.2, 0) is 0 Å². The molecule has 2 aliphatic heterocycles. The lowest BCUT2D eigenvalue weighted by atomic mass is 9.95. The average Bonchev–Trinajstić information content (AvgIpc) is 2.92. The van der Waals surface area contributed by atoms with Gasteiger partial charge in [-0.3, -0.25) is 4.79 Å². The summed E-state index contributed by atoms with van der Waals surface area (Å²) in [5, 5.41) is 4.07. The maximum Gasteiger partial charge on any atom is 0.250 e. The molecule has 0 saturated carbocycles. The predicted octanol–water partition coefficient (Wildman–Crippen LogP) is 1.48. The van der Waals surface area contributed by atoms with E-state index in [4.69, 9.17) is 17.3 Å². The third-order valence-corrected chi connectivity index (χ3v) is 4.70. The standard InChI is InChI=1S/C14H18ClN3O/c1-8-12-6-17-5-9(12)7-18(8)13-4-10(15)2-3-11(13)14(16)19/h2-4,8-9,12,17H,5-7H2,1H3,(H2,16,19). The van der Waals surface area contributed by atoms with Crippen LogP contribution in [0.25, 0.3) is 0 Å². The molecule has 0 radical (unpaired) electrons. The van der Waals surface area contributed by atoms with Gasteiger partial charge in [0.15, 0.2) is 0 Å². The summed E-state index contributed by atoms with van der Waals surface area (Å²) in [6, 6.07) is 5.69. The minimum absolute atomic E-state index is 0.394. The van der Waals surface area contributed by atoms with E-state index in [9.17, 15) is 4.79 Å². The van der Waals surface area contributed by atoms with E-state index in [1.165, 1.54) is 0 Å². The number of fused-ring (bicyclic) bond motifs is 1. The summed E-state index contributed by atoms with van der Waals surface area (Å²) in [5.41, 5.74) is 6.91. The number of hydrogen-bond acceptors (Lipinski definition) is 3. The Morgan fingerprint density at radius 1 is 1.47 bits per heavy atom. The van der Waals surface area contributed by atoms with Crippen LogP contribution in [0.2, 0.25) is 5.02 Å². The fourth-order valence-electron chi connectivity index (χ4n) is 3.44. The van der Waals surface area contributed by atoms with E-state index in [0.29, 0.717) is 28.5 Å². The number of halogens is 1. The van der Waals surface area contributed by atoms with Crippen molar-refractivity contribution in [1.82, 2.24) is 5.32 Å². The Hall–Kier alpha value is -1.26. The predicted molar refractivity (Wildman–Crippen MR) is 76.6 cm³/mol. The highest BCUT2D eigenvalue weighted by molar-refractivity contribution is 6.31. The van der Waals surface area contributed by atoms with Crippen molar-refractivity contribution in [3.63, 3.8) is 0 Å². The summed E-state index contributed by atoms with van der Waals surface area (Å²) in [4.78, 5) is 13.9. The maximum absolute atomic E-state index is 11.6. The molecule has 2 saturated heterocycles. The molecule has 2 aliphatic rings. The smallest absolute Gasteiger partial charge is 0.250 e. The zero-order valence-corrected chi connectivity index (χ0v) is 11.7. The Balaban J connectivity index is 1.98. The third kappa shape index (κ3) is 2.09. The normalized spacial score (nSPS) is 29.6. The van der Waals surface area contributed by atoms with Gasteiger partial charge in [0.2, 0.25) is 0 Å². The first-order valence-corrected chi connectivity index (χ1v) is 7.02. The van der Waals surface area contributed by atoms with Crippen molar-refractivity contribution in [2.75, 3.05) is 24.5 Å². The van der Waals surface area contributed by atoms with Crippen LogP contribution in [0.4, 0.5) is 5.69 Å². The fourth-order valence-corrected chi connectivity index (χ4v) is 3.60. The summed E-state index contributed by atoms with van der Waals surface area (Å²) in [6.07, 6.45) is 0. The second-order valence-electron chi connectivity index (χ2n) is 5.50. The number of carbonyl (C=O) groups excluding carboxylic acids is 1. The third-order valence-electron chi connectivity index (χ3n) is 4.47. The van der Waals surface area contributed by atoms with Crippen molar-refractivity contribution in [3.05, 3.63) is 28.8 Å². The fraction of sp³-hybridized carbons (Fsp3) is 0.500. The van der Waals surface area contributed by atoms with E-state index in [1.807, 2.05) is 6.07 Å². The first kappa shape index (κ1) is 12.8. The van der Waals surface area contributed by atoms with Gasteiger partial charge in [-0.1, -0.05) is 11.6 Å². The lowest BCUT2D eigenvalue weighted by Gasteiger charge is -2.28. The van der Waals surface area contributed by atoms with Crippen LogP contribution in [0.15, 0.2) is 18.2 Å². The van der Waals surface area contributed by atoms with Crippen molar-refractivity contribution in [3.8, 4) is 0 Å². The SMILES string of the molecule is CC1C2CNCC2CN1c1cc(Cl)ccc1C(N)=O. The number of benzene rings is 1. The molecule has 1 amide bonds. The number of nitrogens with one attached hydrogen (secondary N) is 1. The Bertz CT molecular complexity index is 519. The molecule has 4 nitrogen and oxygen atoms in total. The Labute approximate surface area is 117 Å². The molecular weight excluding hydrogens is 262 g/mol. The number of nitrogens with zero attached hydrogens (tertiary/aromatic N) is 1. The molecule has 3 N–H and O–H groups in total. The zero-order valence-electron chi connectivity index (χ0n) is 10.9. The van der Waals surface area contributed by atoms with Crippen LogP contribution in [0.5, 0.6) is 0 Å². The number of primary amides is 1. The molecule has 2 heterocycles. The maximum atomic E-state index is 11.6. The molecule has 102 valence electrons. The first-order valence-electron chi connectivity index (χ1n) is 6.64. The summed E-state index contributed by atoms with van der Waals surface area (Å²) < 4.78 is 0. The van der Waals surface area contributed by atoms with Gasteiger partial charge in [-0.25, -0.2) is 0 Å². The van der Waals surface area contributed by atoms with E-state index in [1.54, 1.807) is 12.1 Å². The largest absolute Gasteiger partial charge is 0.367 e. The molecule has 2 fully saturated rings. The quantitative estimate of drug-likeness (QED) is 0.862. The molecule has 3 unspecified atom stereocenters. The number of hydrogen-bond donors (Lipinski definition) is 2. The van der Waals surface area contributed by atoms with Gasteiger partial charge < -0.3 is 16.0 Å². The van der Waals surface area contributed by atoms with Gasteiger partial charge in [0.1, 0.15) is 0 Å². The van der Waals surface area contributed by atoms with Crippen LogP contribution in [0.3, 0.4) is 0 Å². The highest BCUT2D eigenvalue weighted by Gasteiger charge is 2.42. The molecular formula is C14H18ClN3O. The highest BCUT2D eigenvalue weighted by atomic mass is 35.5. The van der Waals surface area contributed by atoms with Gasteiger partial charge >= 0.3 is 0 Å². The first-order chi connectivity index (χ1) is 9.08. The van der Waals surface area contributed by atoms with Crippen LogP contribution >= 0.6 is 11.6 Å². The lowest BCUT2D eigenvalue weighted by molar-refractivity contribution is 0.100. The van der Waals surface area contributed by atoms with Gasteiger partial charge in [0.05, 0.1) is 11.3 Å². The molecule has 5 heteroatoms. The molecule has 0 bridgehead atoms. The second-order valence-corrected chi connectivity index (χ2v) is 5.94. The Morgan fingerprint density at radius 3 is 2.95 bits per heavy atom. The highest BCUT2D eigenvalue weighted by Crippen LogP contribution is 2.38. The molecule has 0 aliphatic carbocycles. The van der Waals surface area contributed by atoms with Crippen molar-refractivity contribution < 1.29 is 4.79 Å². The zero-order chi connectivity index (χ0) is 13.6. The summed E-state index contributed by atoms with van der Waals surface area (Å²) in [7, 11) is 0. The van der Waals surface area contributed by atoms with Gasteiger partial charge in [0.25, 0.3) is 5.91 Å². The number of amides is 1. The number of nitrogens with two attached hydrogens (primary N) is 1. The van der Waals surface area contributed by atoms with E-state index in [-0.39, 0.29) is 0 Å². The van der Waals surface area contributed by atoms with Crippen molar-refractivity contribution in [2.45, 2.75) is 13.0 Å². The van der Waals surface area contributed by atoms with Crippen LogP contribution < -0.4 is 16.0 Å². The summed E-state index contributed by atoms with van der Waals surface area (Å²) in [6.45, 7) is 5.27. The van der Waals surface area contributed by atoms with Gasteiger partial charge in [-0.15, -0.1) is 0 Å². The van der Waals surface area contributed by atoms with Crippen molar-refractivity contribution in [1.29, 1.82) is 0 Å². The molecule has 1 aromatic rings. The minimum Gasteiger partial charge on any atom is -0.367 e. The Kier molecular flexibility index (Phi) is 3.15. The summed E-state index contributed by atoms with van der Waals surface area (Å²) >= 11 is 6.08. The molecule has 1 aromatic carbocycles. The number of anilines is 1. The topological polar surface area (TPSA) is 58.4 Å². The van der Waals surface area contributed by atoms with Crippen molar-refractivity contribution >= 4 is 23.2 Å². The summed E-state index contributed by atoms with van der Waals surface area (Å²) in [5.74, 6) is 0.892. The monoisotopic (exact) mass is 279 g/mol. The van der Waals surface area contributed by atoms with Gasteiger partial charge in [-0.05, 0) is 37.0 Å². The van der Waals surface area contributed by atoms with E-state index in [2.05, 4.69) is 17.1 Å². The van der Waals surface area contributed by atoms with Gasteiger partial charge in [-0.2, -0.15) is 0 Å². The van der Waals surface area contributed by atoms with E-state index in [0.717, 1.165) is 25.3 Å². The second kappa shape index (κ2) is 4.69.